The molecule has 0 amide bonds. The van der Waals surface area contributed by atoms with Gasteiger partial charge in [-0.05, 0) is 13.8 Å². The predicted octanol–water partition coefficient (Wildman–Crippen LogP) is -1.31. The van der Waals surface area contributed by atoms with E-state index < -0.39 is 81.6 Å². The molecular weight excluding hydrogens is 589 g/mol. The van der Waals surface area contributed by atoms with E-state index in [-0.39, 0.29) is 0 Å². The molecule has 0 aromatic rings. The first-order valence-corrected chi connectivity index (χ1v) is 22.2. The second kappa shape index (κ2) is 12.9. The Labute approximate surface area is 218 Å². The second-order valence-corrected chi connectivity index (χ2v) is 26.2. The van der Waals surface area contributed by atoms with Crippen LogP contribution in [0.4, 0.5) is 0 Å². The van der Waals surface area contributed by atoms with Crippen molar-refractivity contribution in [2.24, 2.45) is 0 Å². The van der Waals surface area contributed by atoms with Crippen LogP contribution in [0.2, 0.25) is 22.2 Å². The lowest BCUT2D eigenvalue weighted by Gasteiger charge is -2.41. The second-order valence-electron chi connectivity index (χ2n) is 9.95. The summed E-state index contributed by atoms with van der Waals surface area (Å²) in [6.07, 6.45) is -0.874. The summed E-state index contributed by atoms with van der Waals surface area (Å²) in [4.78, 5) is 95.7. The SMILES string of the molecule is CC(C)O[Si@](O)(O[Si](O)(O)C(C)C)O[Si@](O)(O[Si](O)(O)C(C)C)O[Si@](O)(O[Si](O)(O)C(C)C)C(C)C. The van der Waals surface area contributed by atoms with Crippen LogP contribution in [-0.4, -0.2) is 103 Å². The Morgan fingerprint density at radius 2 is 0.722 bits per heavy atom. The molecule has 0 saturated carbocycles. The van der Waals surface area contributed by atoms with Crippen molar-refractivity contribution in [2.45, 2.75) is 97.5 Å². The van der Waals surface area contributed by atoms with E-state index in [2.05, 4.69) is 0 Å². The van der Waals surface area contributed by atoms with E-state index >= 15 is 0 Å². The Morgan fingerprint density at radius 3 is 1.03 bits per heavy atom. The summed E-state index contributed by atoms with van der Waals surface area (Å²) in [7, 11) is -30.1. The van der Waals surface area contributed by atoms with Gasteiger partial charge in [0.25, 0.3) is 0 Å². The van der Waals surface area contributed by atoms with E-state index in [9.17, 15) is 43.2 Å². The van der Waals surface area contributed by atoms with E-state index in [1.807, 2.05) is 0 Å². The molecule has 15 nitrogen and oxygen atoms in total. The molecule has 0 radical (unpaired) electrons. The molecule has 0 aliphatic heterocycles. The van der Waals surface area contributed by atoms with Crippen LogP contribution in [-0.2, 0) is 25.0 Å². The fourth-order valence-corrected chi connectivity index (χ4v) is 17.9. The molecule has 218 valence electrons. The van der Waals surface area contributed by atoms with Crippen molar-refractivity contribution in [2.75, 3.05) is 0 Å². The highest BCUT2D eigenvalue weighted by atomic mass is 28.6. The van der Waals surface area contributed by atoms with Gasteiger partial charge in [-0.25, -0.2) is 0 Å². The van der Waals surface area contributed by atoms with Crippen LogP contribution in [0.15, 0.2) is 0 Å². The van der Waals surface area contributed by atoms with Crippen molar-refractivity contribution in [1.29, 1.82) is 0 Å². The summed E-state index contributed by atoms with van der Waals surface area (Å²) in [6.45, 7) is 13.8. The molecule has 0 spiro atoms. The van der Waals surface area contributed by atoms with E-state index in [1.54, 1.807) is 0 Å². The van der Waals surface area contributed by atoms with Gasteiger partial charge in [0.15, 0.2) is 0 Å². The first-order valence-electron chi connectivity index (χ1n) is 11.4. The summed E-state index contributed by atoms with van der Waals surface area (Å²) < 4.78 is 31.1. The molecule has 36 heavy (non-hydrogen) atoms. The van der Waals surface area contributed by atoms with Crippen LogP contribution in [0.1, 0.15) is 69.2 Å². The van der Waals surface area contributed by atoms with Gasteiger partial charge in [-0.2, -0.15) is 0 Å². The van der Waals surface area contributed by atoms with E-state index in [1.165, 1.54) is 69.2 Å². The third-order valence-electron chi connectivity index (χ3n) is 4.76. The zero-order chi connectivity index (χ0) is 29.1. The van der Waals surface area contributed by atoms with Gasteiger partial charge >= 0.3 is 53.3 Å². The molecule has 21 heteroatoms. The summed E-state index contributed by atoms with van der Waals surface area (Å²) >= 11 is 0. The van der Waals surface area contributed by atoms with Crippen LogP contribution >= 0.6 is 0 Å². The minimum absolute atomic E-state index is 0.865. The zero-order valence-corrected chi connectivity index (χ0v) is 28.4. The van der Waals surface area contributed by atoms with Gasteiger partial charge in [0.1, 0.15) is 0 Å². The highest BCUT2D eigenvalue weighted by molar-refractivity contribution is 6.84. The van der Waals surface area contributed by atoms with E-state index in [0.29, 0.717) is 0 Å². The Morgan fingerprint density at radius 1 is 0.389 bits per heavy atom. The molecule has 0 unspecified atom stereocenters. The molecule has 0 aliphatic carbocycles. The topological polar surface area (TPSA) is 237 Å². The van der Waals surface area contributed by atoms with Crippen LogP contribution in [0, 0.1) is 0 Å². The van der Waals surface area contributed by atoms with Crippen molar-refractivity contribution in [3.63, 3.8) is 0 Å². The highest BCUT2D eigenvalue weighted by Gasteiger charge is 2.68. The summed E-state index contributed by atoms with van der Waals surface area (Å²) in [5.74, 6) is 0. The van der Waals surface area contributed by atoms with Gasteiger partial charge in [0.2, 0.25) is 0 Å². The number of hydrogen-bond acceptors (Lipinski definition) is 15. The van der Waals surface area contributed by atoms with E-state index in [4.69, 9.17) is 25.0 Å². The largest absolute Gasteiger partial charge is 0.663 e. The molecule has 0 aromatic carbocycles. The molecule has 0 fully saturated rings. The first kappa shape index (κ1) is 36.7. The fourth-order valence-electron chi connectivity index (χ4n) is 1.98. The van der Waals surface area contributed by atoms with Crippen molar-refractivity contribution in [3.8, 4) is 0 Å². The van der Waals surface area contributed by atoms with Gasteiger partial charge in [-0.3, -0.25) is 0 Å². The summed E-state index contributed by atoms with van der Waals surface area (Å²) in [6, 6.07) is 0. The van der Waals surface area contributed by atoms with Crippen LogP contribution < -0.4 is 0 Å². The molecule has 0 heterocycles. The molecule has 3 atom stereocenters. The van der Waals surface area contributed by atoms with Gasteiger partial charge in [0.05, 0.1) is 0 Å². The first-order chi connectivity index (χ1) is 15.7. The quantitative estimate of drug-likeness (QED) is 0.0898. The summed E-state index contributed by atoms with van der Waals surface area (Å²) in [5, 5.41) is 0. The average molecular weight is 633 g/mol. The van der Waals surface area contributed by atoms with Gasteiger partial charge in [-0.1, -0.05) is 55.4 Å². The Kier molecular flexibility index (Phi) is 13.2. The third kappa shape index (κ3) is 11.1. The molecule has 9 N–H and O–H groups in total. The smallest absolute Gasteiger partial charge is 0.390 e. The maximum atomic E-state index is 11.3. The Hall–Kier alpha value is 0.701. The molecule has 0 aromatic heterocycles. The molecule has 0 bridgehead atoms. The summed E-state index contributed by atoms with van der Waals surface area (Å²) in [5.41, 5.74) is -3.81. The lowest BCUT2D eigenvalue weighted by Crippen LogP contribution is -2.71. The van der Waals surface area contributed by atoms with Gasteiger partial charge in [-0.15, -0.1) is 0 Å². The van der Waals surface area contributed by atoms with E-state index in [0.717, 1.165) is 0 Å². The maximum Gasteiger partial charge on any atom is 0.663 e. The number of rotatable bonds is 16. The normalized spacial score (nSPS) is 19.3. The van der Waals surface area contributed by atoms with Crippen LogP contribution in [0.3, 0.4) is 0 Å². The van der Waals surface area contributed by atoms with Crippen molar-refractivity contribution in [1.82, 2.24) is 0 Å². The Balaban J connectivity index is 6.70. The standard InChI is InChI=1S/C15H44O15Si6/c1-11(2)25-35(23,27-32(18,19)13(5)6)30-36(24,28-33(20,21)14(7)8)29-34(22,15(9)10)26-31(16,17)12(3)4/h11-24H,1-10H3/t34-,35-,36-/m1/s1. The van der Waals surface area contributed by atoms with Gasteiger partial charge in [0, 0.05) is 28.3 Å². The minimum Gasteiger partial charge on any atom is -0.390 e. The van der Waals surface area contributed by atoms with Crippen molar-refractivity contribution < 1.29 is 68.2 Å². The lowest BCUT2D eigenvalue weighted by atomic mass is 10.5. The minimum atomic E-state index is -5.71. The Bertz CT molecular complexity index is 696. The molecule has 0 rings (SSSR count). The van der Waals surface area contributed by atoms with Crippen molar-refractivity contribution in [3.05, 3.63) is 0 Å². The maximum absolute atomic E-state index is 11.3. The third-order valence-corrected chi connectivity index (χ3v) is 22.6. The lowest BCUT2D eigenvalue weighted by molar-refractivity contribution is -0.0215. The monoisotopic (exact) mass is 632 g/mol. The van der Waals surface area contributed by atoms with Gasteiger partial charge < -0.3 is 68.2 Å². The van der Waals surface area contributed by atoms with Crippen LogP contribution in [0.5, 0.6) is 0 Å². The molecule has 0 saturated heterocycles. The molecular formula is C15H44O15Si6. The zero-order valence-electron chi connectivity index (χ0n) is 22.4. The fraction of sp³-hybridized carbons (Fsp3) is 1.00. The molecule has 0 aliphatic rings. The number of hydrogen-bond donors (Lipinski definition) is 9. The van der Waals surface area contributed by atoms with Crippen molar-refractivity contribution >= 4 is 53.3 Å². The van der Waals surface area contributed by atoms with Crippen LogP contribution in [0.25, 0.3) is 0 Å². The average Bonchev–Trinajstić information content (AvgIpc) is 2.57. The predicted molar refractivity (Wildman–Crippen MR) is 137 cm³/mol. The highest BCUT2D eigenvalue weighted by Crippen LogP contribution is 2.34.